The third kappa shape index (κ3) is 4.75. The first-order chi connectivity index (χ1) is 12.5. The van der Waals surface area contributed by atoms with Gasteiger partial charge in [-0.1, -0.05) is 12.1 Å². The predicted octanol–water partition coefficient (Wildman–Crippen LogP) is 2.54. The molecule has 2 saturated heterocycles. The van der Waals surface area contributed by atoms with Crippen LogP contribution in [0.1, 0.15) is 12.8 Å². The molecule has 2 aliphatic rings. The van der Waals surface area contributed by atoms with E-state index < -0.39 is 6.61 Å². The fourth-order valence-electron chi connectivity index (χ4n) is 3.49. The van der Waals surface area contributed by atoms with Crippen LogP contribution in [0.25, 0.3) is 0 Å². The Morgan fingerprint density at radius 3 is 2.96 bits per heavy atom. The van der Waals surface area contributed by atoms with E-state index >= 15 is 0 Å². The third-order valence-electron chi connectivity index (χ3n) is 4.84. The molecule has 0 spiro atoms. The number of urea groups is 1. The van der Waals surface area contributed by atoms with E-state index in [2.05, 4.69) is 10.1 Å². The molecule has 0 bridgehead atoms. The SMILES string of the molecule is CN(CC1CCOC1)C(=O)NC1CCN(c2ccccc2OC(F)F)C1. The minimum absolute atomic E-state index is 0.0237. The van der Waals surface area contributed by atoms with Crippen LogP contribution >= 0.6 is 0 Å². The van der Waals surface area contributed by atoms with Gasteiger partial charge in [0.1, 0.15) is 5.75 Å². The maximum Gasteiger partial charge on any atom is 0.387 e. The van der Waals surface area contributed by atoms with Crippen molar-refractivity contribution in [2.45, 2.75) is 25.5 Å². The number of carbonyl (C=O) groups excluding carboxylic acids is 1. The zero-order valence-corrected chi connectivity index (χ0v) is 14.9. The Morgan fingerprint density at radius 1 is 1.42 bits per heavy atom. The summed E-state index contributed by atoms with van der Waals surface area (Å²) in [5.41, 5.74) is 0.626. The number of nitrogens with one attached hydrogen (secondary N) is 1. The Morgan fingerprint density at radius 2 is 2.23 bits per heavy atom. The Labute approximate surface area is 152 Å². The van der Waals surface area contributed by atoms with Gasteiger partial charge in [-0.2, -0.15) is 8.78 Å². The first-order valence-corrected chi connectivity index (χ1v) is 8.91. The number of ether oxygens (including phenoxy) is 2. The molecule has 1 N–H and O–H groups in total. The van der Waals surface area contributed by atoms with E-state index in [9.17, 15) is 13.6 Å². The summed E-state index contributed by atoms with van der Waals surface area (Å²) >= 11 is 0. The molecule has 1 aromatic carbocycles. The van der Waals surface area contributed by atoms with Gasteiger partial charge in [0.05, 0.1) is 12.3 Å². The number of anilines is 1. The largest absolute Gasteiger partial charge is 0.433 e. The van der Waals surface area contributed by atoms with Gasteiger partial charge in [-0.25, -0.2) is 4.79 Å². The fraction of sp³-hybridized carbons (Fsp3) is 0.611. The minimum atomic E-state index is -2.86. The van der Waals surface area contributed by atoms with Gasteiger partial charge in [-0.3, -0.25) is 0 Å². The summed E-state index contributed by atoms with van der Waals surface area (Å²) in [5, 5.41) is 3.03. The fourth-order valence-corrected chi connectivity index (χ4v) is 3.49. The number of alkyl halides is 2. The smallest absolute Gasteiger partial charge is 0.387 e. The van der Waals surface area contributed by atoms with E-state index in [4.69, 9.17) is 4.74 Å². The molecule has 26 heavy (non-hydrogen) atoms. The molecule has 8 heteroatoms. The molecule has 2 fully saturated rings. The van der Waals surface area contributed by atoms with Crippen LogP contribution in [0, 0.1) is 5.92 Å². The first-order valence-electron chi connectivity index (χ1n) is 8.91. The van der Waals surface area contributed by atoms with Crippen molar-refractivity contribution in [1.82, 2.24) is 10.2 Å². The van der Waals surface area contributed by atoms with E-state index in [-0.39, 0.29) is 17.8 Å². The number of rotatable bonds is 6. The van der Waals surface area contributed by atoms with Crippen molar-refractivity contribution in [2.24, 2.45) is 5.92 Å². The second kappa shape index (κ2) is 8.53. The monoisotopic (exact) mass is 369 g/mol. The number of carbonyl (C=O) groups is 1. The summed E-state index contributed by atoms with van der Waals surface area (Å²) in [4.78, 5) is 16.0. The third-order valence-corrected chi connectivity index (χ3v) is 4.84. The van der Waals surface area contributed by atoms with Gasteiger partial charge in [0, 0.05) is 45.2 Å². The molecule has 2 heterocycles. The Kier molecular flexibility index (Phi) is 6.13. The highest BCUT2D eigenvalue weighted by Crippen LogP contribution is 2.31. The number of hydrogen-bond acceptors (Lipinski definition) is 4. The maximum atomic E-state index is 12.6. The van der Waals surface area contributed by atoms with Crippen molar-refractivity contribution >= 4 is 11.7 Å². The lowest BCUT2D eigenvalue weighted by Crippen LogP contribution is -2.45. The number of para-hydroxylation sites is 2. The first kappa shape index (κ1) is 18.7. The lowest BCUT2D eigenvalue weighted by atomic mass is 10.1. The van der Waals surface area contributed by atoms with Crippen LogP contribution < -0.4 is 15.0 Å². The van der Waals surface area contributed by atoms with Gasteiger partial charge < -0.3 is 24.6 Å². The number of amides is 2. The van der Waals surface area contributed by atoms with E-state index in [1.165, 1.54) is 6.07 Å². The van der Waals surface area contributed by atoms with Gasteiger partial charge >= 0.3 is 12.6 Å². The van der Waals surface area contributed by atoms with Crippen LogP contribution in [-0.4, -0.2) is 63.5 Å². The van der Waals surface area contributed by atoms with Crippen LogP contribution in [0.5, 0.6) is 5.75 Å². The van der Waals surface area contributed by atoms with Gasteiger partial charge in [0.2, 0.25) is 0 Å². The summed E-state index contributed by atoms with van der Waals surface area (Å²) in [5.74, 6) is 0.553. The summed E-state index contributed by atoms with van der Waals surface area (Å²) in [6.07, 6.45) is 1.74. The average molecular weight is 369 g/mol. The van der Waals surface area contributed by atoms with Crippen LogP contribution in [0.2, 0.25) is 0 Å². The highest BCUT2D eigenvalue weighted by molar-refractivity contribution is 5.74. The number of halogens is 2. The molecule has 2 atom stereocenters. The zero-order chi connectivity index (χ0) is 18.5. The molecule has 0 aliphatic carbocycles. The molecule has 144 valence electrons. The van der Waals surface area contributed by atoms with Crippen molar-refractivity contribution in [3.05, 3.63) is 24.3 Å². The molecule has 2 aliphatic heterocycles. The molecule has 2 amide bonds. The molecule has 0 saturated carbocycles. The van der Waals surface area contributed by atoms with Crippen molar-refractivity contribution < 1.29 is 23.0 Å². The zero-order valence-electron chi connectivity index (χ0n) is 14.9. The number of benzene rings is 1. The number of hydrogen-bond donors (Lipinski definition) is 1. The van der Waals surface area contributed by atoms with Crippen molar-refractivity contribution in [2.75, 3.05) is 44.8 Å². The van der Waals surface area contributed by atoms with Gasteiger partial charge in [0.15, 0.2) is 0 Å². The lowest BCUT2D eigenvalue weighted by Gasteiger charge is -2.24. The Balaban J connectivity index is 1.53. The van der Waals surface area contributed by atoms with E-state index in [0.717, 1.165) is 19.4 Å². The Hall–Kier alpha value is -2.09. The quantitative estimate of drug-likeness (QED) is 0.837. The molecule has 6 nitrogen and oxygen atoms in total. The minimum Gasteiger partial charge on any atom is -0.433 e. The summed E-state index contributed by atoms with van der Waals surface area (Å²) in [6.45, 7) is 0.521. The topological polar surface area (TPSA) is 54.0 Å². The molecule has 1 aromatic rings. The average Bonchev–Trinajstić information content (AvgIpc) is 3.27. The van der Waals surface area contributed by atoms with Crippen molar-refractivity contribution in [3.8, 4) is 5.75 Å². The lowest BCUT2D eigenvalue weighted by molar-refractivity contribution is -0.0495. The molecular weight excluding hydrogens is 344 g/mol. The standard InChI is InChI=1S/C18H25F2N3O3/c1-22(10-13-7-9-25-12-13)18(24)21-14-6-8-23(11-14)15-4-2-3-5-16(15)26-17(19)20/h2-5,13-14,17H,6-12H2,1H3,(H,21,24). The van der Waals surface area contributed by atoms with Gasteiger partial charge in [-0.05, 0) is 25.0 Å². The Bertz CT molecular complexity index is 611. The van der Waals surface area contributed by atoms with E-state index in [1.807, 2.05) is 4.90 Å². The molecule has 0 aromatic heterocycles. The van der Waals surface area contributed by atoms with Gasteiger partial charge in [-0.15, -0.1) is 0 Å². The highest BCUT2D eigenvalue weighted by Gasteiger charge is 2.28. The van der Waals surface area contributed by atoms with Gasteiger partial charge in [0.25, 0.3) is 0 Å². The van der Waals surface area contributed by atoms with Crippen molar-refractivity contribution in [3.63, 3.8) is 0 Å². The molecular formula is C18H25F2N3O3. The summed E-state index contributed by atoms with van der Waals surface area (Å²) in [6, 6.07) is 6.61. The second-order valence-electron chi connectivity index (χ2n) is 6.84. The summed E-state index contributed by atoms with van der Waals surface area (Å²) in [7, 11) is 1.78. The number of nitrogens with zero attached hydrogens (tertiary/aromatic N) is 2. The molecule has 2 unspecified atom stereocenters. The molecule has 3 rings (SSSR count). The highest BCUT2D eigenvalue weighted by atomic mass is 19.3. The van der Waals surface area contributed by atoms with Crippen LogP contribution in [-0.2, 0) is 4.74 Å². The predicted molar refractivity (Wildman–Crippen MR) is 93.8 cm³/mol. The van der Waals surface area contributed by atoms with Crippen LogP contribution in [0.3, 0.4) is 0 Å². The maximum absolute atomic E-state index is 12.6. The van der Waals surface area contributed by atoms with E-state index in [1.54, 1.807) is 30.1 Å². The van der Waals surface area contributed by atoms with Crippen molar-refractivity contribution in [1.29, 1.82) is 0 Å². The molecule has 0 radical (unpaired) electrons. The van der Waals surface area contributed by atoms with E-state index in [0.29, 0.717) is 37.8 Å². The summed E-state index contributed by atoms with van der Waals surface area (Å²) < 4.78 is 35.1. The van der Waals surface area contributed by atoms with Crippen LogP contribution in [0.15, 0.2) is 24.3 Å². The normalized spacial score (nSPS) is 22.7. The second-order valence-corrected chi connectivity index (χ2v) is 6.84. The van der Waals surface area contributed by atoms with Crippen LogP contribution in [0.4, 0.5) is 19.3 Å².